The minimum Gasteiger partial charge on any atom is -0.497 e. The molecule has 19 heavy (non-hydrogen) atoms. The number of hydrogen-bond donors (Lipinski definition) is 1. The number of nitrogens with one attached hydrogen (secondary N) is 1. The second kappa shape index (κ2) is 8.23. The molecule has 0 atom stereocenters. The molecule has 0 aromatic heterocycles. The van der Waals surface area contributed by atoms with Gasteiger partial charge in [0.1, 0.15) is 18.1 Å². The van der Waals surface area contributed by atoms with E-state index in [2.05, 4.69) is 41.7 Å². The van der Waals surface area contributed by atoms with Crippen LogP contribution in [0.25, 0.3) is 0 Å². The fraction of sp³-hybridized carbons (Fsp3) is 0.467. The Morgan fingerprint density at radius 1 is 1.42 bits per heavy atom. The van der Waals surface area contributed by atoms with Crippen LogP contribution in [0.5, 0.6) is 11.5 Å². The highest BCUT2D eigenvalue weighted by Gasteiger charge is 2.06. The van der Waals surface area contributed by atoms with Crippen molar-refractivity contribution in [1.29, 1.82) is 0 Å². The van der Waals surface area contributed by atoms with Crippen LogP contribution in [-0.4, -0.2) is 20.3 Å². The van der Waals surface area contributed by atoms with Gasteiger partial charge in [-0.3, -0.25) is 0 Å². The fourth-order valence-corrected chi connectivity index (χ4v) is 1.71. The molecule has 0 heterocycles. The Morgan fingerprint density at radius 3 is 2.74 bits per heavy atom. The lowest BCUT2D eigenvalue weighted by Gasteiger charge is -2.14. The summed E-state index contributed by atoms with van der Waals surface area (Å²) in [5.74, 6) is 2.25. The van der Waals surface area contributed by atoms with E-state index in [1.54, 1.807) is 7.11 Å². The van der Waals surface area contributed by atoms with Gasteiger partial charge in [0.25, 0.3) is 0 Å². The average molecular weight is 328 g/mol. The second-order valence-electron chi connectivity index (χ2n) is 4.80. The van der Waals surface area contributed by atoms with E-state index < -0.39 is 0 Å². The first-order valence-electron chi connectivity index (χ1n) is 6.36. The molecule has 1 rings (SSSR count). The minimum atomic E-state index is 0.449. The largest absolute Gasteiger partial charge is 0.497 e. The third kappa shape index (κ3) is 6.12. The van der Waals surface area contributed by atoms with Crippen LogP contribution in [0.1, 0.15) is 19.4 Å². The average Bonchev–Trinajstić information content (AvgIpc) is 2.36. The van der Waals surface area contributed by atoms with Gasteiger partial charge in [-0.15, -0.1) is 0 Å². The first kappa shape index (κ1) is 16.1. The summed E-state index contributed by atoms with van der Waals surface area (Å²) in [5, 5.41) is 3.41. The van der Waals surface area contributed by atoms with Crippen molar-refractivity contribution >= 4 is 15.9 Å². The van der Waals surface area contributed by atoms with Gasteiger partial charge in [0.15, 0.2) is 0 Å². The van der Waals surface area contributed by atoms with Gasteiger partial charge < -0.3 is 14.8 Å². The summed E-state index contributed by atoms with van der Waals surface area (Å²) in [6, 6.07) is 5.88. The summed E-state index contributed by atoms with van der Waals surface area (Å²) in [6.45, 7) is 10.4. The number of hydrogen-bond acceptors (Lipinski definition) is 3. The maximum Gasteiger partial charge on any atom is 0.128 e. The van der Waals surface area contributed by atoms with Gasteiger partial charge in [0.2, 0.25) is 0 Å². The molecule has 3 nitrogen and oxygen atoms in total. The smallest absolute Gasteiger partial charge is 0.128 e. The van der Waals surface area contributed by atoms with Gasteiger partial charge in [0, 0.05) is 22.7 Å². The summed E-state index contributed by atoms with van der Waals surface area (Å²) in [7, 11) is 1.65. The fourth-order valence-electron chi connectivity index (χ4n) is 1.59. The highest BCUT2D eigenvalue weighted by molar-refractivity contribution is 9.11. The lowest BCUT2D eigenvalue weighted by molar-refractivity contribution is 0.349. The summed E-state index contributed by atoms with van der Waals surface area (Å²) < 4.78 is 11.8. The SMILES string of the molecule is C=C(Br)COc1cc(OC)ccc1CNCC(C)C. The molecule has 0 bridgehead atoms. The standard InChI is InChI=1S/C15H22BrNO2/c1-11(2)8-17-9-13-5-6-14(18-4)7-15(13)19-10-12(3)16/h5-7,11,17H,3,8-10H2,1-2,4H3. The van der Waals surface area contributed by atoms with Crippen LogP contribution < -0.4 is 14.8 Å². The Hall–Kier alpha value is -1.00. The predicted octanol–water partition coefficient (Wildman–Crippen LogP) is 3.73. The van der Waals surface area contributed by atoms with Crippen molar-refractivity contribution in [3.05, 3.63) is 34.8 Å². The molecular weight excluding hydrogens is 306 g/mol. The number of methoxy groups -OCH3 is 1. The molecule has 0 saturated carbocycles. The van der Waals surface area contributed by atoms with Crippen molar-refractivity contribution in [2.45, 2.75) is 20.4 Å². The maximum absolute atomic E-state index is 5.73. The van der Waals surface area contributed by atoms with Gasteiger partial charge in [-0.25, -0.2) is 0 Å². The highest BCUT2D eigenvalue weighted by Crippen LogP contribution is 2.25. The van der Waals surface area contributed by atoms with Crippen LogP contribution in [0.3, 0.4) is 0 Å². The maximum atomic E-state index is 5.73. The van der Waals surface area contributed by atoms with Crippen LogP contribution in [0.2, 0.25) is 0 Å². The summed E-state index contributed by atoms with van der Waals surface area (Å²) in [4.78, 5) is 0. The van der Waals surface area contributed by atoms with E-state index in [4.69, 9.17) is 9.47 Å². The van der Waals surface area contributed by atoms with E-state index in [1.807, 2.05) is 18.2 Å². The zero-order valence-corrected chi connectivity index (χ0v) is 13.4. The highest BCUT2D eigenvalue weighted by atomic mass is 79.9. The quantitative estimate of drug-likeness (QED) is 0.789. The van der Waals surface area contributed by atoms with Crippen LogP contribution in [0, 0.1) is 5.92 Å². The van der Waals surface area contributed by atoms with E-state index in [9.17, 15) is 0 Å². The van der Waals surface area contributed by atoms with E-state index in [0.717, 1.165) is 34.6 Å². The molecule has 0 fully saturated rings. The van der Waals surface area contributed by atoms with E-state index in [1.165, 1.54) is 0 Å². The summed E-state index contributed by atoms with van der Waals surface area (Å²) >= 11 is 3.30. The molecule has 0 saturated heterocycles. The van der Waals surface area contributed by atoms with E-state index in [-0.39, 0.29) is 0 Å². The number of rotatable bonds is 8. The number of benzene rings is 1. The third-order valence-corrected chi connectivity index (χ3v) is 2.76. The van der Waals surface area contributed by atoms with Crippen LogP contribution in [0.4, 0.5) is 0 Å². The molecule has 0 amide bonds. The van der Waals surface area contributed by atoms with Gasteiger partial charge in [-0.2, -0.15) is 0 Å². The van der Waals surface area contributed by atoms with Crippen LogP contribution in [0.15, 0.2) is 29.3 Å². The molecule has 0 aliphatic carbocycles. The Kier molecular flexibility index (Phi) is 6.95. The van der Waals surface area contributed by atoms with Crippen LogP contribution in [-0.2, 0) is 6.54 Å². The molecule has 0 radical (unpaired) electrons. The topological polar surface area (TPSA) is 30.5 Å². The van der Waals surface area contributed by atoms with Crippen molar-refractivity contribution in [2.75, 3.05) is 20.3 Å². The molecule has 0 aliphatic heterocycles. The van der Waals surface area contributed by atoms with Gasteiger partial charge in [0.05, 0.1) is 7.11 Å². The van der Waals surface area contributed by atoms with Crippen molar-refractivity contribution in [3.63, 3.8) is 0 Å². The van der Waals surface area contributed by atoms with Gasteiger partial charge >= 0.3 is 0 Å². The van der Waals surface area contributed by atoms with Gasteiger partial charge in [-0.05, 0) is 18.5 Å². The molecular formula is C15H22BrNO2. The molecule has 1 aromatic rings. The lowest BCUT2D eigenvalue weighted by Crippen LogP contribution is -2.19. The van der Waals surface area contributed by atoms with E-state index in [0.29, 0.717) is 12.5 Å². The monoisotopic (exact) mass is 327 g/mol. The molecule has 0 unspecified atom stereocenters. The van der Waals surface area contributed by atoms with Crippen molar-refractivity contribution in [1.82, 2.24) is 5.32 Å². The molecule has 0 spiro atoms. The summed E-state index contributed by atoms with van der Waals surface area (Å²) in [6.07, 6.45) is 0. The minimum absolute atomic E-state index is 0.449. The molecule has 106 valence electrons. The first-order valence-corrected chi connectivity index (χ1v) is 7.16. The predicted molar refractivity (Wildman–Crippen MR) is 83.1 cm³/mol. The lowest BCUT2D eigenvalue weighted by atomic mass is 10.1. The third-order valence-electron chi connectivity index (χ3n) is 2.53. The van der Waals surface area contributed by atoms with Crippen LogP contribution >= 0.6 is 15.9 Å². The van der Waals surface area contributed by atoms with E-state index >= 15 is 0 Å². The number of halogens is 1. The normalized spacial score (nSPS) is 10.6. The molecule has 1 aromatic carbocycles. The Morgan fingerprint density at radius 2 is 2.16 bits per heavy atom. The number of ether oxygens (including phenoxy) is 2. The Labute approximate surface area is 124 Å². The van der Waals surface area contributed by atoms with Crippen molar-refractivity contribution < 1.29 is 9.47 Å². The zero-order valence-electron chi connectivity index (χ0n) is 11.8. The first-order chi connectivity index (χ1) is 9.02. The van der Waals surface area contributed by atoms with Crippen molar-refractivity contribution in [3.8, 4) is 11.5 Å². The van der Waals surface area contributed by atoms with Gasteiger partial charge in [-0.1, -0.05) is 42.4 Å². The molecule has 0 aliphatic rings. The summed E-state index contributed by atoms with van der Waals surface area (Å²) in [5.41, 5.74) is 1.12. The van der Waals surface area contributed by atoms with Crippen molar-refractivity contribution in [2.24, 2.45) is 5.92 Å². The Bertz CT molecular complexity index is 419. The zero-order chi connectivity index (χ0) is 14.3. The molecule has 1 N–H and O–H groups in total. The second-order valence-corrected chi connectivity index (χ2v) is 5.93. The molecule has 4 heteroatoms. The Balaban J connectivity index is 2.73.